The maximum atomic E-state index is 10.5. The van der Waals surface area contributed by atoms with Crippen molar-refractivity contribution in [3.8, 4) is 6.07 Å². The second-order valence-corrected chi connectivity index (χ2v) is 6.71. The molecule has 5 heteroatoms. The molecule has 3 aromatic rings. The smallest absolute Gasteiger partial charge is 0.218 e. The summed E-state index contributed by atoms with van der Waals surface area (Å²) in [6.07, 6.45) is 0. The zero-order chi connectivity index (χ0) is 20.4. The minimum Gasteiger partial charge on any atom is -0.457 e. The van der Waals surface area contributed by atoms with E-state index in [1.165, 1.54) is 0 Å². The molecule has 0 bridgehead atoms. The van der Waals surface area contributed by atoms with Crippen LogP contribution in [0, 0.1) is 11.3 Å². The van der Waals surface area contributed by atoms with Crippen LogP contribution < -0.4 is 0 Å². The Hall–Kier alpha value is -2.94. The Morgan fingerprint density at radius 2 is 1.32 bits per heavy atom. The second-order valence-electron chi connectivity index (χ2n) is 5.94. The first-order valence-electron chi connectivity index (χ1n) is 8.50. The predicted octanol–water partition coefficient (Wildman–Crippen LogP) is 5.57. The van der Waals surface area contributed by atoms with E-state index in [2.05, 4.69) is 18.7 Å². The minimum atomic E-state index is -1.08. The van der Waals surface area contributed by atoms with Gasteiger partial charge in [0.05, 0.1) is 0 Å². The lowest BCUT2D eigenvalue weighted by molar-refractivity contribution is 0.109. The first-order valence-corrected chi connectivity index (χ1v) is 9.35. The molecule has 0 saturated heterocycles. The van der Waals surface area contributed by atoms with Crippen molar-refractivity contribution in [1.29, 1.82) is 5.26 Å². The predicted molar refractivity (Wildman–Crippen MR) is 118 cm³/mol. The van der Waals surface area contributed by atoms with Gasteiger partial charge in [-0.1, -0.05) is 91.0 Å². The molecule has 140 valence electrons. The quantitative estimate of drug-likeness (QED) is 0.455. The van der Waals surface area contributed by atoms with Crippen LogP contribution >= 0.6 is 24.8 Å². The molecule has 0 spiro atoms. The number of carbonyl (C=O) groups excluding carboxylic acids is 1. The summed E-state index contributed by atoms with van der Waals surface area (Å²) < 4.78 is 5.73. The first-order chi connectivity index (χ1) is 13.5. The van der Waals surface area contributed by atoms with E-state index in [1.807, 2.05) is 78.9 Å². The lowest BCUT2D eigenvalue weighted by atomic mass is 9.97. The fourth-order valence-corrected chi connectivity index (χ4v) is 2.75. The second kappa shape index (κ2) is 10.4. The third kappa shape index (κ3) is 6.05. The van der Waals surface area contributed by atoms with Crippen LogP contribution in [0.5, 0.6) is 0 Å². The average Bonchev–Trinajstić information content (AvgIpc) is 2.76. The number of carbonyl (C=O) groups is 1. The number of benzene rings is 3. The number of ether oxygens (including phenoxy) is 1. The van der Waals surface area contributed by atoms with Crippen molar-refractivity contribution in [2.24, 2.45) is 0 Å². The highest BCUT2D eigenvalue weighted by Crippen LogP contribution is 2.26. The molecule has 0 saturated carbocycles. The van der Waals surface area contributed by atoms with Gasteiger partial charge in [0, 0.05) is 16.7 Å². The summed E-state index contributed by atoms with van der Waals surface area (Å²) in [4.78, 5) is 10.5. The highest BCUT2D eigenvalue weighted by Gasteiger charge is 2.29. The number of nitrogens with zero attached hydrogens (tertiary/aromatic N) is 1. The van der Waals surface area contributed by atoms with E-state index < -0.39 is 5.60 Å². The number of rotatable bonds is 4. The lowest BCUT2D eigenvalue weighted by Gasteiger charge is -2.24. The molecule has 0 radical (unpaired) electrons. The summed E-state index contributed by atoms with van der Waals surface area (Å²) in [5.41, 5.74) is 1.15. The monoisotopic (exact) mass is 405 g/mol. The Balaban J connectivity index is 0.000000261. The third-order valence-corrected chi connectivity index (χ3v) is 4.44. The van der Waals surface area contributed by atoms with Gasteiger partial charge in [0.1, 0.15) is 6.07 Å². The highest BCUT2D eigenvalue weighted by molar-refractivity contribution is 7.97. The lowest BCUT2D eigenvalue weighted by Crippen LogP contribution is -2.27. The van der Waals surface area contributed by atoms with Gasteiger partial charge in [-0.05, 0) is 19.1 Å². The van der Waals surface area contributed by atoms with Gasteiger partial charge in [-0.3, -0.25) is 4.79 Å². The molecule has 3 rings (SSSR count). The summed E-state index contributed by atoms with van der Waals surface area (Å²) >= 11 is 8.91. The van der Waals surface area contributed by atoms with Gasteiger partial charge in [-0.2, -0.15) is 5.26 Å². The van der Waals surface area contributed by atoms with Crippen molar-refractivity contribution >= 4 is 35.0 Å². The van der Waals surface area contributed by atoms with Crippen molar-refractivity contribution in [1.82, 2.24) is 0 Å². The van der Waals surface area contributed by atoms with Crippen molar-refractivity contribution in [2.45, 2.75) is 12.5 Å². The van der Waals surface area contributed by atoms with Crippen LogP contribution in [0.1, 0.15) is 28.4 Å². The van der Waals surface area contributed by atoms with E-state index in [-0.39, 0.29) is 5.12 Å². The molecule has 0 N–H and O–H groups in total. The summed E-state index contributed by atoms with van der Waals surface area (Å²) in [5.74, 6) is 0. The van der Waals surface area contributed by atoms with E-state index >= 15 is 0 Å². The van der Waals surface area contributed by atoms with Gasteiger partial charge >= 0.3 is 0 Å². The van der Waals surface area contributed by atoms with Crippen LogP contribution in [0.3, 0.4) is 0 Å². The third-order valence-electron chi connectivity index (χ3n) is 3.87. The van der Waals surface area contributed by atoms with Crippen LogP contribution in [0.25, 0.3) is 0 Å². The SMILES string of the molecule is CC(C#N)(OC(=S)c1ccccc1)c1ccccc1.O=C(S)c1ccccc1. The Labute approximate surface area is 176 Å². The average molecular weight is 406 g/mol. The number of thiol groups is 1. The van der Waals surface area contributed by atoms with Gasteiger partial charge in [-0.15, -0.1) is 12.6 Å². The topological polar surface area (TPSA) is 50.1 Å². The van der Waals surface area contributed by atoms with Crippen LogP contribution in [0.4, 0.5) is 0 Å². The molecular weight excluding hydrogens is 386 g/mol. The number of hydrogen-bond donors (Lipinski definition) is 1. The van der Waals surface area contributed by atoms with Crippen molar-refractivity contribution in [3.05, 3.63) is 108 Å². The van der Waals surface area contributed by atoms with E-state index in [1.54, 1.807) is 19.1 Å². The van der Waals surface area contributed by atoms with Gasteiger partial charge < -0.3 is 4.74 Å². The fraction of sp³-hybridized carbons (Fsp3) is 0.0870. The Bertz CT molecular complexity index is 954. The van der Waals surface area contributed by atoms with Crippen molar-refractivity contribution in [3.63, 3.8) is 0 Å². The fourth-order valence-electron chi connectivity index (χ4n) is 2.30. The minimum absolute atomic E-state index is 0.185. The molecule has 0 heterocycles. The molecule has 0 amide bonds. The van der Waals surface area contributed by atoms with Gasteiger partial charge in [0.25, 0.3) is 0 Å². The van der Waals surface area contributed by atoms with E-state index in [0.29, 0.717) is 10.6 Å². The van der Waals surface area contributed by atoms with Crippen molar-refractivity contribution in [2.75, 3.05) is 0 Å². The van der Waals surface area contributed by atoms with Gasteiger partial charge in [-0.25, -0.2) is 0 Å². The molecule has 0 aromatic heterocycles. The zero-order valence-electron chi connectivity index (χ0n) is 15.3. The number of thiocarbonyl (C=S) groups is 1. The maximum absolute atomic E-state index is 10.5. The molecular formula is C23H19NO2S2. The Kier molecular flexibility index (Phi) is 7.94. The summed E-state index contributed by atoms with van der Waals surface area (Å²) in [5, 5.41) is 9.54. The normalized spacial score (nSPS) is 11.8. The molecule has 0 aliphatic carbocycles. The maximum Gasteiger partial charge on any atom is 0.218 e. The summed E-state index contributed by atoms with van der Waals surface area (Å²) in [7, 11) is 0. The summed E-state index contributed by atoms with van der Waals surface area (Å²) in [6.45, 7) is 1.72. The molecule has 1 unspecified atom stereocenters. The van der Waals surface area contributed by atoms with Crippen LogP contribution in [0.2, 0.25) is 0 Å². The Morgan fingerprint density at radius 3 is 1.71 bits per heavy atom. The molecule has 3 nitrogen and oxygen atoms in total. The van der Waals surface area contributed by atoms with Gasteiger partial charge in [0.2, 0.25) is 10.7 Å². The Morgan fingerprint density at radius 1 is 0.893 bits per heavy atom. The van der Waals surface area contributed by atoms with Crippen LogP contribution in [-0.2, 0) is 10.3 Å². The van der Waals surface area contributed by atoms with E-state index in [9.17, 15) is 10.1 Å². The summed E-state index contributed by atoms with van der Waals surface area (Å²) in [6, 6.07) is 29.9. The standard InChI is InChI=1S/C16H13NOS.C7H6OS/c1-16(12-17,14-10-6-3-7-11-14)18-15(19)13-8-4-2-5-9-13;8-7(9)6-4-2-1-3-5-6/h2-11H,1H3;1-5H,(H,8,9). The molecule has 0 aliphatic rings. The highest BCUT2D eigenvalue weighted by atomic mass is 32.1. The van der Waals surface area contributed by atoms with E-state index in [0.717, 1.165) is 11.1 Å². The van der Waals surface area contributed by atoms with E-state index in [4.69, 9.17) is 17.0 Å². The molecule has 3 aromatic carbocycles. The zero-order valence-corrected chi connectivity index (χ0v) is 17.0. The van der Waals surface area contributed by atoms with Gasteiger partial charge in [0.15, 0.2) is 5.05 Å². The number of nitriles is 1. The molecule has 0 fully saturated rings. The number of hydrogen-bond acceptors (Lipinski definition) is 4. The van der Waals surface area contributed by atoms with Crippen LogP contribution in [-0.4, -0.2) is 10.2 Å². The molecule has 0 aliphatic heterocycles. The van der Waals surface area contributed by atoms with Crippen LogP contribution in [0.15, 0.2) is 91.0 Å². The largest absolute Gasteiger partial charge is 0.457 e. The molecule has 1 atom stereocenters. The first kappa shape index (κ1) is 21.4. The van der Waals surface area contributed by atoms with Crippen molar-refractivity contribution < 1.29 is 9.53 Å². The molecule has 28 heavy (non-hydrogen) atoms.